The first-order valence-corrected chi connectivity index (χ1v) is 17.3. The lowest BCUT2D eigenvalue weighted by Crippen LogP contribution is -2.40. The minimum Gasteiger partial charge on any atom is -0.466 e. The van der Waals surface area contributed by atoms with Crippen LogP contribution in [-0.4, -0.2) is 48.6 Å². The molecule has 1 amide bonds. The number of pyridine rings is 1. The number of hydrogen-bond acceptors (Lipinski definition) is 5. The average molecular weight is 730 g/mol. The minimum atomic E-state index is -4.81. The third-order valence-electron chi connectivity index (χ3n) is 8.75. The number of ether oxygens (including phenoxy) is 1. The van der Waals surface area contributed by atoms with Gasteiger partial charge < -0.3 is 19.5 Å². The number of likely N-dealkylation sites (N-methyl/N-ethyl adjacent to an activating group) is 1. The quantitative estimate of drug-likeness (QED) is 0.0617. The maximum absolute atomic E-state index is 16.1. The molecule has 0 saturated heterocycles. The molecular weight excluding hydrogens is 681 g/mol. The SMILES string of the molecule is C=CCCCCc1cc(F)cc(C)c1-c1cc(C)c(F)c([C@H](CC(=O)OCC)NC(=O)[C@H](CC=C)n2cc(CCN(C)C)c(C(F)(F)F)cc2=O)c1. The second kappa shape index (κ2) is 18.8. The Morgan fingerprint density at radius 1 is 0.981 bits per heavy atom. The van der Waals surface area contributed by atoms with Crippen LogP contribution < -0.4 is 10.9 Å². The van der Waals surface area contributed by atoms with E-state index in [0.717, 1.165) is 30.0 Å². The van der Waals surface area contributed by atoms with Crippen LogP contribution in [0.5, 0.6) is 0 Å². The van der Waals surface area contributed by atoms with Crippen LogP contribution in [0.1, 0.15) is 84.5 Å². The highest BCUT2D eigenvalue weighted by Gasteiger charge is 2.36. The van der Waals surface area contributed by atoms with Crippen molar-refractivity contribution >= 4 is 11.9 Å². The van der Waals surface area contributed by atoms with E-state index in [4.69, 9.17) is 4.74 Å². The summed E-state index contributed by atoms with van der Waals surface area (Å²) in [6, 6.07) is 3.72. The van der Waals surface area contributed by atoms with Gasteiger partial charge >= 0.3 is 12.1 Å². The monoisotopic (exact) mass is 729 g/mol. The molecule has 0 aliphatic rings. The molecule has 3 aromatic rings. The Bertz CT molecular complexity index is 1820. The summed E-state index contributed by atoms with van der Waals surface area (Å²) in [4.78, 5) is 41.8. The van der Waals surface area contributed by atoms with Crippen molar-refractivity contribution in [3.05, 3.63) is 117 Å². The van der Waals surface area contributed by atoms with Gasteiger partial charge in [0, 0.05) is 24.4 Å². The van der Waals surface area contributed by atoms with Gasteiger partial charge in [0.2, 0.25) is 5.91 Å². The first-order valence-electron chi connectivity index (χ1n) is 17.3. The minimum absolute atomic E-state index is 0.0147. The number of benzene rings is 2. The lowest BCUT2D eigenvalue weighted by molar-refractivity contribution is -0.144. The highest BCUT2D eigenvalue weighted by molar-refractivity contribution is 5.82. The van der Waals surface area contributed by atoms with E-state index in [9.17, 15) is 31.9 Å². The summed E-state index contributed by atoms with van der Waals surface area (Å²) in [5.74, 6) is -2.71. The topological polar surface area (TPSA) is 80.6 Å². The number of nitrogens with one attached hydrogen (secondary N) is 1. The summed E-state index contributed by atoms with van der Waals surface area (Å²) in [6.45, 7) is 12.5. The highest BCUT2D eigenvalue weighted by atomic mass is 19.4. The van der Waals surface area contributed by atoms with Gasteiger partial charge in [-0.1, -0.05) is 12.2 Å². The molecule has 0 fully saturated rings. The fraction of sp³-hybridized carbons (Fsp3) is 0.425. The maximum atomic E-state index is 16.1. The van der Waals surface area contributed by atoms with Crippen molar-refractivity contribution < 1.29 is 36.3 Å². The molecule has 0 radical (unpaired) electrons. The molecule has 7 nitrogen and oxygen atoms in total. The lowest BCUT2D eigenvalue weighted by Gasteiger charge is -2.26. The zero-order valence-corrected chi connectivity index (χ0v) is 30.5. The number of aryl methyl sites for hydroxylation is 3. The third-order valence-corrected chi connectivity index (χ3v) is 8.75. The number of carbonyl (C=O) groups excluding carboxylic acids is 2. The number of alkyl halides is 3. The van der Waals surface area contributed by atoms with E-state index >= 15 is 4.39 Å². The number of aromatic nitrogens is 1. The Balaban J connectivity index is 2.17. The fourth-order valence-electron chi connectivity index (χ4n) is 6.26. The van der Waals surface area contributed by atoms with Crippen LogP contribution in [0, 0.1) is 25.5 Å². The van der Waals surface area contributed by atoms with Crippen LogP contribution in [-0.2, 0) is 33.3 Å². The zero-order valence-electron chi connectivity index (χ0n) is 30.5. The summed E-state index contributed by atoms with van der Waals surface area (Å²) < 4.78 is 78.7. The molecular formula is C40H48F5N3O4. The van der Waals surface area contributed by atoms with Gasteiger partial charge in [0.05, 0.1) is 24.6 Å². The molecule has 12 heteroatoms. The molecule has 2 atom stereocenters. The molecule has 1 aromatic heterocycles. The number of rotatable bonds is 18. The van der Waals surface area contributed by atoms with Crippen molar-refractivity contribution in [1.82, 2.24) is 14.8 Å². The number of halogens is 5. The largest absolute Gasteiger partial charge is 0.466 e. The predicted molar refractivity (Wildman–Crippen MR) is 193 cm³/mol. The van der Waals surface area contributed by atoms with Gasteiger partial charge in [0.15, 0.2) is 0 Å². The molecule has 52 heavy (non-hydrogen) atoms. The Hall–Kier alpha value is -4.58. The Kier molecular flexibility index (Phi) is 15.1. The third kappa shape index (κ3) is 11.0. The van der Waals surface area contributed by atoms with E-state index < -0.39 is 59.3 Å². The van der Waals surface area contributed by atoms with E-state index in [2.05, 4.69) is 18.5 Å². The van der Waals surface area contributed by atoms with Crippen LogP contribution in [0.25, 0.3) is 11.1 Å². The Morgan fingerprint density at radius 3 is 2.31 bits per heavy atom. The number of unbranched alkanes of at least 4 members (excludes halogenated alkanes) is 2. The molecule has 0 unspecified atom stereocenters. The molecule has 0 spiro atoms. The van der Waals surface area contributed by atoms with E-state index in [-0.39, 0.29) is 42.7 Å². The molecule has 0 saturated carbocycles. The van der Waals surface area contributed by atoms with Crippen LogP contribution in [0.4, 0.5) is 22.0 Å². The fourth-order valence-corrected chi connectivity index (χ4v) is 6.26. The van der Waals surface area contributed by atoms with Gasteiger partial charge in [0.1, 0.15) is 17.7 Å². The van der Waals surface area contributed by atoms with Crippen LogP contribution in [0.2, 0.25) is 0 Å². The van der Waals surface area contributed by atoms with E-state index in [0.29, 0.717) is 34.7 Å². The number of carbonyl (C=O) groups is 2. The Morgan fingerprint density at radius 2 is 1.69 bits per heavy atom. The summed E-state index contributed by atoms with van der Waals surface area (Å²) in [5.41, 5.74) is 0.347. The zero-order chi connectivity index (χ0) is 38.7. The predicted octanol–water partition coefficient (Wildman–Crippen LogP) is 8.36. The van der Waals surface area contributed by atoms with Gasteiger partial charge in [-0.25, -0.2) is 8.78 Å². The maximum Gasteiger partial charge on any atom is 0.416 e. The smallest absolute Gasteiger partial charge is 0.416 e. The number of amides is 1. The standard InChI is InChI=1S/C40H48F5N3O4/c1-8-11-12-13-15-27-20-30(41)19-25(4)37(27)29-18-26(5)38(42)31(21-29)33(23-36(50)52-10-3)46-39(51)34(14-9-2)48-24-28(16-17-47(6)7)32(22-35(48)49)40(43,44)45/h8-9,18-22,24,33-34H,1-2,10-17,23H2,3-7H3,(H,46,51)/t33-,34-/m0/s1. The van der Waals surface area contributed by atoms with Gasteiger partial charge in [0.25, 0.3) is 5.56 Å². The summed E-state index contributed by atoms with van der Waals surface area (Å²) >= 11 is 0. The van der Waals surface area contributed by atoms with Gasteiger partial charge in [-0.15, -0.1) is 13.2 Å². The van der Waals surface area contributed by atoms with Crippen LogP contribution in [0.15, 0.2) is 66.6 Å². The molecule has 3 rings (SSSR count). The van der Waals surface area contributed by atoms with Crippen molar-refractivity contribution in [3.8, 4) is 11.1 Å². The highest BCUT2D eigenvalue weighted by Crippen LogP contribution is 2.36. The summed E-state index contributed by atoms with van der Waals surface area (Å²) in [7, 11) is 3.39. The number of allylic oxidation sites excluding steroid dienone is 2. The molecule has 1 N–H and O–H groups in total. The normalized spacial score (nSPS) is 12.8. The van der Waals surface area contributed by atoms with Crippen molar-refractivity contribution in [2.45, 2.75) is 84.0 Å². The molecule has 282 valence electrons. The second-order valence-electron chi connectivity index (χ2n) is 13.1. The van der Waals surface area contributed by atoms with Crippen molar-refractivity contribution in [3.63, 3.8) is 0 Å². The van der Waals surface area contributed by atoms with Crippen molar-refractivity contribution in [2.24, 2.45) is 0 Å². The van der Waals surface area contributed by atoms with Gasteiger partial charge in [-0.05, 0) is 131 Å². The van der Waals surface area contributed by atoms with Gasteiger partial charge in [-0.2, -0.15) is 13.2 Å². The summed E-state index contributed by atoms with van der Waals surface area (Å²) in [6.07, 6.45) is 1.57. The van der Waals surface area contributed by atoms with Crippen LogP contribution in [0.3, 0.4) is 0 Å². The molecule has 2 aromatic carbocycles. The molecule has 0 aliphatic carbocycles. The van der Waals surface area contributed by atoms with Crippen molar-refractivity contribution in [2.75, 3.05) is 27.2 Å². The lowest BCUT2D eigenvalue weighted by atomic mass is 9.88. The summed E-state index contributed by atoms with van der Waals surface area (Å²) in [5, 5.41) is 2.69. The molecule has 0 bridgehead atoms. The molecule has 0 aliphatic heterocycles. The number of nitrogens with zero attached hydrogens (tertiary/aromatic N) is 2. The van der Waals surface area contributed by atoms with Crippen molar-refractivity contribution in [1.29, 1.82) is 0 Å². The first-order chi connectivity index (χ1) is 24.5. The van der Waals surface area contributed by atoms with E-state index in [1.807, 2.05) is 6.08 Å². The second-order valence-corrected chi connectivity index (χ2v) is 13.1. The van der Waals surface area contributed by atoms with E-state index in [1.165, 1.54) is 31.2 Å². The van der Waals surface area contributed by atoms with E-state index in [1.54, 1.807) is 38.9 Å². The molecule has 1 heterocycles. The number of hydrogen-bond donors (Lipinski definition) is 1. The Labute approximate surface area is 302 Å². The first kappa shape index (κ1) is 41.8. The average Bonchev–Trinajstić information content (AvgIpc) is 3.05. The number of esters is 1. The van der Waals surface area contributed by atoms with Crippen LogP contribution >= 0.6 is 0 Å². The van der Waals surface area contributed by atoms with Gasteiger partial charge in [-0.3, -0.25) is 14.4 Å².